The number of nitrogens with zero attached hydrogens (tertiary/aromatic N) is 3. The standard InChI is InChI=1S/C26H22BrFN4S/c1-16-15-20(17(2)31(16)23-9-4-3-7-21(23)28)25-24(22-8-5-6-14-29-22)30-26(33)32(25)19-12-10-18(27)11-13-19/h3-15,24-25H,1-2H3,(H,30,33)/t24-,25+/m0/s1. The number of hydrogen-bond acceptors (Lipinski definition) is 2. The van der Waals surface area contributed by atoms with E-state index in [4.69, 9.17) is 12.2 Å². The second-order valence-electron chi connectivity index (χ2n) is 8.09. The second-order valence-corrected chi connectivity index (χ2v) is 9.39. The van der Waals surface area contributed by atoms with Crippen molar-refractivity contribution in [1.29, 1.82) is 0 Å². The summed E-state index contributed by atoms with van der Waals surface area (Å²) in [5.41, 5.74) is 5.42. The van der Waals surface area contributed by atoms with Gasteiger partial charge in [-0.2, -0.15) is 0 Å². The van der Waals surface area contributed by atoms with Crippen molar-refractivity contribution in [1.82, 2.24) is 14.9 Å². The van der Waals surface area contributed by atoms with Gasteiger partial charge in [0.15, 0.2) is 5.11 Å². The summed E-state index contributed by atoms with van der Waals surface area (Å²) in [5.74, 6) is -0.253. The molecule has 0 saturated carbocycles. The molecular weight excluding hydrogens is 499 g/mol. The van der Waals surface area contributed by atoms with E-state index in [2.05, 4.69) is 37.2 Å². The van der Waals surface area contributed by atoms with Gasteiger partial charge in [-0.15, -0.1) is 0 Å². The van der Waals surface area contributed by atoms with Gasteiger partial charge in [-0.25, -0.2) is 4.39 Å². The maximum atomic E-state index is 14.7. The Labute approximate surface area is 206 Å². The topological polar surface area (TPSA) is 33.1 Å². The fraction of sp³-hybridized carbons (Fsp3) is 0.154. The molecule has 0 amide bonds. The number of hydrogen-bond donors (Lipinski definition) is 1. The van der Waals surface area contributed by atoms with E-state index in [1.54, 1.807) is 18.3 Å². The van der Waals surface area contributed by atoms with Crippen molar-refractivity contribution >= 4 is 38.9 Å². The number of benzene rings is 2. The zero-order chi connectivity index (χ0) is 23.1. The van der Waals surface area contributed by atoms with Crippen LogP contribution in [0.15, 0.2) is 83.5 Å². The molecule has 1 fully saturated rings. The molecule has 1 saturated heterocycles. The Morgan fingerprint density at radius 1 is 1.00 bits per heavy atom. The molecule has 0 radical (unpaired) electrons. The lowest BCUT2D eigenvalue weighted by Crippen LogP contribution is -2.29. The summed E-state index contributed by atoms with van der Waals surface area (Å²) < 4.78 is 17.7. The Balaban J connectivity index is 1.69. The molecule has 33 heavy (non-hydrogen) atoms. The molecule has 0 unspecified atom stereocenters. The highest BCUT2D eigenvalue weighted by atomic mass is 79.9. The fourth-order valence-corrected chi connectivity index (χ4v) is 5.25. The summed E-state index contributed by atoms with van der Waals surface area (Å²) in [4.78, 5) is 6.75. The van der Waals surface area contributed by atoms with Gasteiger partial charge < -0.3 is 14.8 Å². The summed E-state index contributed by atoms with van der Waals surface area (Å²) in [5, 5.41) is 4.12. The third-order valence-corrected chi connectivity index (χ3v) is 6.93. The van der Waals surface area contributed by atoms with Crippen LogP contribution in [0.2, 0.25) is 0 Å². The third-order valence-electron chi connectivity index (χ3n) is 6.09. The molecule has 7 heteroatoms. The van der Waals surface area contributed by atoms with Gasteiger partial charge >= 0.3 is 0 Å². The molecule has 3 heterocycles. The number of halogens is 2. The molecular formula is C26H22BrFN4S. The first kappa shape index (κ1) is 21.8. The van der Waals surface area contributed by atoms with Crippen molar-refractivity contribution < 1.29 is 4.39 Å². The Morgan fingerprint density at radius 3 is 2.42 bits per heavy atom. The maximum Gasteiger partial charge on any atom is 0.174 e. The molecule has 0 bridgehead atoms. The zero-order valence-electron chi connectivity index (χ0n) is 18.2. The van der Waals surface area contributed by atoms with E-state index in [9.17, 15) is 4.39 Å². The molecule has 4 aromatic rings. The molecule has 2 atom stereocenters. The lowest BCUT2D eigenvalue weighted by molar-refractivity contribution is 0.564. The summed E-state index contributed by atoms with van der Waals surface area (Å²) in [7, 11) is 0. The molecule has 1 N–H and O–H groups in total. The predicted octanol–water partition coefficient (Wildman–Crippen LogP) is 6.57. The molecule has 166 valence electrons. The maximum absolute atomic E-state index is 14.7. The van der Waals surface area contributed by atoms with Gasteiger partial charge in [-0.3, -0.25) is 4.98 Å². The first-order chi connectivity index (χ1) is 16.0. The Morgan fingerprint density at radius 2 is 1.73 bits per heavy atom. The van der Waals surface area contributed by atoms with Gasteiger partial charge in [0.2, 0.25) is 0 Å². The van der Waals surface area contributed by atoms with Crippen molar-refractivity contribution in [2.45, 2.75) is 25.9 Å². The normalized spacial score (nSPS) is 17.9. The minimum absolute atomic E-state index is 0.153. The molecule has 4 nitrogen and oxygen atoms in total. The molecule has 1 aliphatic rings. The van der Waals surface area contributed by atoms with E-state index in [1.807, 2.05) is 66.9 Å². The van der Waals surface area contributed by atoms with Gasteiger partial charge in [-0.05, 0) is 86.2 Å². The van der Waals surface area contributed by atoms with E-state index < -0.39 is 0 Å². The van der Waals surface area contributed by atoms with Crippen molar-refractivity contribution in [2.75, 3.05) is 4.90 Å². The number of rotatable bonds is 4. The fourth-order valence-electron chi connectivity index (χ4n) is 4.64. The summed E-state index contributed by atoms with van der Waals surface area (Å²) >= 11 is 9.33. The van der Waals surface area contributed by atoms with Crippen LogP contribution in [0, 0.1) is 19.7 Å². The van der Waals surface area contributed by atoms with Crippen LogP contribution in [0.5, 0.6) is 0 Å². The number of para-hydroxylation sites is 1. The number of aromatic nitrogens is 2. The highest BCUT2D eigenvalue weighted by molar-refractivity contribution is 9.10. The quantitative estimate of drug-likeness (QED) is 0.308. The minimum atomic E-state index is -0.253. The minimum Gasteiger partial charge on any atom is -0.351 e. The highest BCUT2D eigenvalue weighted by Gasteiger charge is 2.42. The number of aryl methyl sites for hydroxylation is 1. The average Bonchev–Trinajstić information content (AvgIpc) is 3.31. The van der Waals surface area contributed by atoms with Crippen LogP contribution in [0.4, 0.5) is 10.1 Å². The van der Waals surface area contributed by atoms with Crippen LogP contribution >= 0.6 is 28.1 Å². The van der Waals surface area contributed by atoms with Crippen LogP contribution < -0.4 is 10.2 Å². The van der Waals surface area contributed by atoms with E-state index in [1.165, 1.54) is 6.07 Å². The monoisotopic (exact) mass is 520 g/mol. The molecule has 1 aliphatic heterocycles. The Bertz CT molecular complexity index is 1320. The number of nitrogens with one attached hydrogen (secondary N) is 1. The summed E-state index contributed by atoms with van der Waals surface area (Å²) in [6.07, 6.45) is 1.79. The number of pyridine rings is 1. The average molecular weight is 521 g/mol. The first-order valence-corrected chi connectivity index (χ1v) is 11.9. The van der Waals surface area contributed by atoms with Gasteiger partial charge in [0.05, 0.1) is 23.5 Å². The SMILES string of the molecule is Cc1cc([C@@H]2[C@H](c3ccccn3)NC(=S)N2c2ccc(Br)cc2)c(C)n1-c1ccccc1F. The Kier molecular flexibility index (Phi) is 5.76. The molecule has 2 aromatic heterocycles. The highest BCUT2D eigenvalue weighted by Crippen LogP contribution is 2.44. The van der Waals surface area contributed by atoms with Crippen molar-refractivity contribution in [3.8, 4) is 5.69 Å². The van der Waals surface area contributed by atoms with E-state index >= 15 is 0 Å². The molecule has 0 spiro atoms. The van der Waals surface area contributed by atoms with Gasteiger partial charge in [-0.1, -0.05) is 34.1 Å². The van der Waals surface area contributed by atoms with Crippen molar-refractivity contribution in [3.63, 3.8) is 0 Å². The van der Waals surface area contributed by atoms with E-state index in [0.717, 1.165) is 32.8 Å². The lowest BCUT2D eigenvalue weighted by atomic mass is 9.96. The molecule has 2 aromatic carbocycles. The summed E-state index contributed by atoms with van der Waals surface area (Å²) in [6, 6.07) is 22.7. The van der Waals surface area contributed by atoms with Crippen LogP contribution in [-0.4, -0.2) is 14.7 Å². The first-order valence-electron chi connectivity index (χ1n) is 10.7. The lowest BCUT2D eigenvalue weighted by Gasteiger charge is -2.28. The van der Waals surface area contributed by atoms with E-state index in [0.29, 0.717) is 10.8 Å². The summed E-state index contributed by atoms with van der Waals surface area (Å²) in [6.45, 7) is 4.04. The predicted molar refractivity (Wildman–Crippen MR) is 137 cm³/mol. The van der Waals surface area contributed by atoms with Gasteiger partial charge in [0.1, 0.15) is 5.82 Å². The largest absolute Gasteiger partial charge is 0.351 e. The molecule has 0 aliphatic carbocycles. The smallest absolute Gasteiger partial charge is 0.174 e. The van der Waals surface area contributed by atoms with Crippen molar-refractivity contribution in [2.24, 2.45) is 0 Å². The number of anilines is 1. The van der Waals surface area contributed by atoms with Crippen LogP contribution in [0.1, 0.15) is 34.7 Å². The van der Waals surface area contributed by atoms with Crippen molar-refractivity contribution in [3.05, 3.63) is 112 Å². The third kappa shape index (κ3) is 3.85. The van der Waals surface area contributed by atoms with Crippen LogP contribution in [0.3, 0.4) is 0 Å². The van der Waals surface area contributed by atoms with Crippen LogP contribution in [-0.2, 0) is 0 Å². The Hall–Kier alpha value is -3.03. The molecule has 5 rings (SSSR count). The van der Waals surface area contributed by atoms with Crippen LogP contribution in [0.25, 0.3) is 5.69 Å². The zero-order valence-corrected chi connectivity index (χ0v) is 20.6. The second kappa shape index (κ2) is 8.72. The van der Waals surface area contributed by atoms with Gasteiger partial charge in [0.25, 0.3) is 0 Å². The van der Waals surface area contributed by atoms with E-state index in [-0.39, 0.29) is 17.9 Å². The van der Waals surface area contributed by atoms with Gasteiger partial charge in [0, 0.05) is 27.7 Å². The number of thiocarbonyl (C=S) groups is 1.